The Balaban J connectivity index is 3.36. The molecule has 0 saturated carbocycles. The zero-order valence-electron chi connectivity index (χ0n) is 16.4. The van der Waals surface area contributed by atoms with Gasteiger partial charge in [0.1, 0.15) is 0 Å². The zero-order chi connectivity index (χ0) is 18.6. The highest BCUT2D eigenvalue weighted by Gasteiger charge is 2.00. The van der Waals surface area contributed by atoms with Crippen LogP contribution in [0.4, 0.5) is 0 Å². The third-order valence-corrected chi connectivity index (χ3v) is 4.60. The minimum atomic E-state index is -0.110. The number of allylic oxidation sites excluding steroid dienone is 3. The summed E-state index contributed by atoms with van der Waals surface area (Å²) in [6.07, 6.45) is 24.0. The number of esters is 1. The summed E-state index contributed by atoms with van der Waals surface area (Å²) in [5.41, 5.74) is 0. The molecule has 0 saturated heterocycles. The number of hydrogen-bond donors (Lipinski definition) is 0. The summed E-state index contributed by atoms with van der Waals surface area (Å²) in [5, 5.41) is 0. The Morgan fingerprint density at radius 2 is 1.52 bits per heavy atom. The standard InChI is InChI=1S/C21H39O3P/c1-3-4-17-20(24-25)18-15-13-11-9-7-5-6-8-10-12-14-16-19-21(22)23-2/h10,12,15,18,20H,3-9,11,13-14,16-17,19,25H2,1-2H3/b12-10-,18-15-. The molecule has 0 aromatic heterocycles. The molecule has 3 nitrogen and oxygen atoms in total. The van der Waals surface area contributed by atoms with E-state index in [4.69, 9.17) is 4.52 Å². The number of hydrogen-bond acceptors (Lipinski definition) is 3. The summed E-state index contributed by atoms with van der Waals surface area (Å²) < 4.78 is 9.99. The van der Waals surface area contributed by atoms with Crippen molar-refractivity contribution in [3.8, 4) is 0 Å². The van der Waals surface area contributed by atoms with Crippen LogP contribution >= 0.6 is 9.47 Å². The summed E-state index contributed by atoms with van der Waals surface area (Å²) in [4.78, 5) is 10.9. The molecule has 146 valence electrons. The Morgan fingerprint density at radius 1 is 0.920 bits per heavy atom. The number of methoxy groups -OCH3 is 1. The molecule has 0 aromatic carbocycles. The van der Waals surface area contributed by atoms with Crippen molar-refractivity contribution in [1.29, 1.82) is 0 Å². The first-order valence-electron chi connectivity index (χ1n) is 9.98. The normalized spacial score (nSPS) is 12.9. The lowest BCUT2D eigenvalue weighted by atomic mass is 10.1. The summed E-state index contributed by atoms with van der Waals surface area (Å²) in [6.45, 7) is 2.21. The minimum Gasteiger partial charge on any atom is -0.469 e. The lowest BCUT2D eigenvalue weighted by molar-refractivity contribution is -0.140. The largest absolute Gasteiger partial charge is 0.469 e. The van der Waals surface area contributed by atoms with Gasteiger partial charge in [0.15, 0.2) is 0 Å². The van der Waals surface area contributed by atoms with Crippen LogP contribution in [0.15, 0.2) is 24.3 Å². The van der Waals surface area contributed by atoms with Gasteiger partial charge in [-0.1, -0.05) is 63.3 Å². The van der Waals surface area contributed by atoms with E-state index >= 15 is 0 Å². The smallest absolute Gasteiger partial charge is 0.305 e. The van der Waals surface area contributed by atoms with Crippen molar-refractivity contribution in [1.82, 2.24) is 0 Å². The first kappa shape index (κ1) is 24.3. The van der Waals surface area contributed by atoms with Gasteiger partial charge in [0.2, 0.25) is 0 Å². The fourth-order valence-electron chi connectivity index (χ4n) is 2.62. The van der Waals surface area contributed by atoms with Crippen LogP contribution in [0, 0.1) is 0 Å². The van der Waals surface area contributed by atoms with Gasteiger partial charge in [-0.3, -0.25) is 4.79 Å². The van der Waals surface area contributed by atoms with Crippen LogP contribution in [0.3, 0.4) is 0 Å². The summed E-state index contributed by atoms with van der Waals surface area (Å²) in [5.74, 6) is -0.110. The van der Waals surface area contributed by atoms with Crippen LogP contribution in [-0.4, -0.2) is 19.2 Å². The Hall–Kier alpha value is -0.660. The maximum absolute atomic E-state index is 10.9. The molecule has 2 atom stereocenters. The van der Waals surface area contributed by atoms with E-state index in [1.807, 2.05) is 0 Å². The second kappa shape index (κ2) is 19.7. The van der Waals surface area contributed by atoms with Crippen molar-refractivity contribution in [2.45, 2.75) is 96.5 Å². The molecule has 0 fully saturated rings. The zero-order valence-corrected chi connectivity index (χ0v) is 17.5. The summed E-state index contributed by atoms with van der Waals surface area (Å²) >= 11 is 0. The van der Waals surface area contributed by atoms with Crippen LogP contribution in [-0.2, 0) is 14.1 Å². The number of carbonyl (C=O) groups excluding carboxylic acids is 1. The predicted octanol–water partition coefficient (Wildman–Crippen LogP) is 6.54. The molecule has 0 radical (unpaired) electrons. The van der Waals surface area contributed by atoms with Crippen molar-refractivity contribution < 1.29 is 14.1 Å². The van der Waals surface area contributed by atoms with Gasteiger partial charge < -0.3 is 9.26 Å². The van der Waals surface area contributed by atoms with Gasteiger partial charge in [-0.05, 0) is 44.9 Å². The third-order valence-electron chi connectivity index (χ3n) is 4.26. The molecule has 0 spiro atoms. The van der Waals surface area contributed by atoms with Crippen molar-refractivity contribution in [3.63, 3.8) is 0 Å². The second-order valence-electron chi connectivity index (χ2n) is 6.53. The van der Waals surface area contributed by atoms with E-state index in [9.17, 15) is 4.79 Å². The molecule has 0 bridgehead atoms. The number of rotatable bonds is 17. The van der Waals surface area contributed by atoms with Crippen LogP contribution in [0.2, 0.25) is 0 Å². The highest BCUT2D eigenvalue weighted by molar-refractivity contribution is 7.09. The number of unbranched alkanes of at least 4 members (excludes halogenated alkanes) is 8. The monoisotopic (exact) mass is 370 g/mol. The fourth-order valence-corrected chi connectivity index (χ4v) is 2.85. The summed E-state index contributed by atoms with van der Waals surface area (Å²) in [7, 11) is 3.83. The quantitative estimate of drug-likeness (QED) is 0.126. The van der Waals surface area contributed by atoms with E-state index in [1.165, 1.54) is 52.1 Å². The van der Waals surface area contributed by atoms with Gasteiger partial charge in [0, 0.05) is 15.9 Å². The molecule has 0 rings (SSSR count). The van der Waals surface area contributed by atoms with Gasteiger partial charge in [-0.15, -0.1) is 0 Å². The molecular weight excluding hydrogens is 331 g/mol. The van der Waals surface area contributed by atoms with Gasteiger partial charge in [0.05, 0.1) is 13.2 Å². The van der Waals surface area contributed by atoms with Crippen molar-refractivity contribution in [2.75, 3.05) is 7.11 Å². The SMILES string of the molecule is CCCCC(/C=C\CCCCCCC/C=C\CCCC(=O)OC)OP. The molecule has 0 amide bonds. The molecule has 0 aromatic rings. The van der Waals surface area contributed by atoms with E-state index in [0.717, 1.165) is 32.1 Å². The molecule has 0 N–H and O–H groups in total. The molecule has 0 aliphatic carbocycles. The molecule has 0 heterocycles. The van der Waals surface area contributed by atoms with E-state index in [1.54, 1.807) is 0 Å². The Labute approximate surface area is 157 Å². The number of carbonyl (C=O) groups is 1. The summed E-state index contributed by atoms with van der Waals surface area (Å²) in [6, 6.07) is 0. The first-order valence-corrected chi connectivity index (χ1v) is 10.5. The molecule has 0 aliphatic heterocycles. The molecule has 0 aliphatic rings. The van der Waals surface area contributed by atoms with Crippen molar-refractivity contribution in [3.05, 3.63) is 24.3 Å². The van der Waals surface area contributed by atoms with Gasteiger partial charge in [0.25, 0.3) is 0 Å². The lowest BCUT2D eigenvalue weighted by Crippen LogP contribution is -2.02. The maximum Gasteiger partial charge on any atom is 0.305 e. The van der Waals surface area contributed by atoms with Crippen molar-refractivity contribution in [2.24, 2.45) is 0 Å². The molecule has 4 heteroatoms. The molecular formula is C21H39O3P. The van der Waals surface area contributed by atoms with Crippen LogP contribution in [0.25, 0.3) is 0 Å². The Kier molecular flexibility index (Phi) is 19.1. The minimum absolute atomic E-state index is 0.110. The third kappa shape index (κ3) is 17.9. The predicted molar refractivity (Wildman–Crippen MR) is 111 cm³/mol. The fraction of sp³-hybridized carbons (Fsp3) is 0.762. The van der Waals surface area contributed by atoms with E-state index in [2.05, 4.69) is 45.4 Å². The average molecular weight is 371 g/mol. The van der Waals surface area contributed by atoms with Crippen LogP contribution < -0.4 is 0 Å². The highest BCUT2D eigenvalue weighted by atomic mass is 31.0. The van der Waals surface area contributed by atoms with Crippen LogP contribution in [0.1, 0.15) is 90.4 Å². The average Bonchev–Trinajstić information content (AvgIpc) is 2.64. The molecule has 25 heavy (non-hydrogen) atoms. The van der Waals surface area contributed by atoms with E-state index in [-0.39, 0.29) is 12.1 Å². The Morgan fingerprint density at radius 3 is 2.12 bits per heavy atom. The van der Waals surface area contributed by atoms with Gasteiger partial charge >= 0.3 is 5.97 Å². The second-order valence-corrected chi connectivity index (χ2v) is 6.80. The Bertz CT molecular complexity index is 353. The lowest BCUT2D eigenvalue weighted by Gasteiger charge is -2.09. The van der Waals surface area contributed by atoms with Crippen molar-refractivity contribution >= 4 is 15.4 Å². The van der Waals surface area contributed by atoms with E-state index < -0.39 is 0 Å². The van der Waals surface area contributed by atoms with E-state index in [0.29, 0.717) is 6.42 Å². The maximum atomic E-state index is 10.9. The topological polar surface area (TPSA) is 35.5 Å². The van der Waals surface area contributed by atoms with Gasteiger partial charge in [-0.25, -0.2) is 0 Å². The van der Waals surface area contributed by atoms with Crippen LogP contribution in [0.5, 0.6) is 0 Å². The van der Waals surface area contributed by atoms with Gasteiger partial charge in [-0.2, -0.15) is 0 Å². The number of ether oxygens (including phenoxy) is 1. The highest BCUT2D eigenvalue weighted by Crippen LogP contribution is 2.12. The molecule has 2 unspecified atom stereocenters. The first-order chi connectivity index (χ1) is 12.2.